The molecule has 2 unspecified atom stereocenters. The van der Waals surface area contributed by atoms with Crippen molar-refractivity contribution in [2.75, 3.05) is 24.5 Å². The number of aryl methyl sites for hydroxylation is 1. The van der Waals surface area contributed by atoms with E-state index in [4.69, 9.17) is 4.98 Å². The fraction of sp³-hybridized carbons (Fsp3) is 0.471. The van der Waals surface area contributed by atoms with Crippen LogP contribution in [0.2, 0.25) is 0 Å². The lowest BCUT2D eigenvalue weighted by Crippen LogP contribution is -2.45. The molecule has 2 aliphatic rings. The Bertz CT molecular complexity index is 637. The molecule has 0 radical (unpaired) electrons. The molecule has 0 saturated carbocycles. The number of pyridine rings is 1. The number of nitrogens with zero attached hydrogens (tertiary/aromatic N) is 2. The number of nitrogens with one attached hydrogen (secondary N) is 1. The maximum atomic E-state index is 4.96. The second kappa shape index (κ2) is 4.74. The Morgan fingerprint density at radius 2 is 2.15 bits per heavy atom. The summed E-state index contributed by atoms with van der Waals surface area (Å²) in [5.41, 5.74) is 2.41. The predicted molar refractivity (Wildman–Crippen MR) is 83.2 cm³/mol. The van der Waals surface area contributed by atoms with Crippen molar-refractivity contribution in [1.29, 1.82) is 0 Å². The van der Waals surface area contributed by atoms with Crippen molar-refractivity contribution in [3.8, 4) is 0 Å². The summed E-state index contributed by atoms with van der Waals surface area (Å²) in [6, 6.07) is 11.3. The van der Waals surface area contributed by atoms with E-state index in [1.165, 1.54) is 36.2 Å². The Labute approximate surface area is 120 Å². The third-order valence-electron chi connectivity index (χ3n) is 4.84. The summed E-state index contributed by atoms with van der Waals surface area (Å²) in [6.07, 6.45) is 2.65. The Morgan fingerprint density at radius 3 is 3.10 bits per heavy atom. The number of hydrogen-bond acceptors (Lipinski definition) is 3. The first kappa shape index (κ1) is 12.2. The standard InChI is InChI=1S/C17H21N3/c1-12-9-13-5-2-3-7-15(13)19-17(12)20-8-4-6-14-10-18-11-16(14)20/h2-3,5,7,9,14,16,18H,4,6,8,10-11H2,1H3. The lowest BCUT2D eigenvalue weighted by molar-refractivity contribution is 0.383. The Hall–Kier alpha value is -1.61. The third-order valence-corrected chi connectivity index (χ3v) is 4.84. The van der Waals surface area contributed by atoms with Crippen LogP contribution in [0, 0.1) is 12.8 Å². The molecule has 2 aromatic rings. The number of aromatic nitrogens is 1. The van der Waals surface area contributed by atoms with E-state index >= 15 is 0 Å². The number of hydrogen-bond donors (Lipinski definition) is 1. The lowest BCUT2D eigenvalue weighted by atomic mass is 9.91. The summed E-state index contributed by atoms with van der Waals surface area (Å²) < 4.78 is 0. The lowest BCUT2D eigenvalue weighted by Gasteiger charge is -2.38. The summed E-state index contributed by atoms with van der Waals surface area (Å²) in [5.74, 6) is 2.00. The van der Waals surface area contributed by atoms with E-state index in [9.17, 15) is 0 Å². The molecular weight excluding hydrogens is 246 g/mol. The van der Waals surface area contributed by atoms with Crippen LogP contribution < -0.4 is 10.2 Å². The highest BCUT2D eigenvalue weighted by Crippen LogP contribution is 2.32. The molecular formula is C17H21N3. The molecule has 3 heteroatoms. The third kappa shape index (κ3) is 1.88. The van der Waals surface area contributed by atoms with Gasteiger partial charge in [-0.25, -0.2) is 4.98 Å². The summed E-state index contributed by atoms with van der Waals surface area (Å²) >= 11 is 0. The fourth-order valence-electron chi connectivity index (χ4n) is 3.83. The van der Waals surface area contributed by atoms with Crippen LogP contribution >= 0.6 is 0 Å². The molecule has 4 rings (SSSR count). The van der Waals surface area contributed by atoms with Crippen LogP contribution in [0.4, 0.5) is 5.82 Å². The summed E-state index contributed by atoms with van der Waals surface area (Å²) in [5, 5.41) is 4.79. The average molecular weight is 267 g/mol. The Balaban J connectivity index is 1.78. The highest BCUT2D eigenvalue weighted by atomic mass is 15.3. The SMILES string of the molecule is Cc1cc2ccccc2nc1N1CCCC2CNCC21. The second-order valence-corrected chi connectivity index (χ2v) is 6.14. The molecule has 3 heterocycles. The molecule has 1 aromatic carbocycles. The van der Waals surface area contributed by atoms with E-state index in [1.807, 2.05) is 0 Å². The zero-order valence-corrected chi connectivity index (χ0v) is 12.0. The van der Waals surface area contributed by atoms with E-state index in [1.54, 1.807) is 0 Å². The van der Waals surface area contributed by atoms with Crippen molar-refractivity contribution < 1.29 is 0 Å². The van der Waals surface area contributed by atoms with E-state index in [-0.39, 0.29) is 0 Å². The first-order chi connectivity index (χ1) is 9.83. The van der Waals surface area contributed by atoms with E-state index < -0.39 is 0 Å². The predicted octanol–water partition coefficient (Wildman–Crippen LogP) is 2.73. The van der Waals surface area contributed by atoms with Gasteiger partial charge in [-0.1, -0.05) is 18.2 Å². The van der Waals surface area contributed by atoms with Crippen LogP contribution in [0.3, 0.4) is 0 Å². The quantitative estimate of drug-likeness (QED) is 0.861. The van der Waals surface area contributed by atoms with Crippen molar-refractivity contribution in [3.05, 3.63) is 35.9 Å². The van der Waals surface area contributed by atoms with Gasteiger partial charge in [-0.15, -0.1) is 0 Å². The first-order valence-electron chi connectivity index (χ1n) is 7.67. The largest absolute Gasteiger partial charge is 0.352 e. The zero-order chi connectivity index (χ0) is 13.5. The molecule has 1 aromatic heterocycles. The van der Waals surface area contributed by atoms with Crippen LogP contribution in [-0.2, 0) is 0 Å². The van der Waals surface area contributed by atoms with E-state index in [2.05, 4.69) is 47.5 Å². The molecule has 20 heavy (non-hydrogen) atoms. The van der Waals surface area contributed by atoms with Gasteiger partial charge >= 0.3 is 0 Å². The van der Waals surface area contributed by atoms with Gasteiger partial charge in [0.05, 0.1) is 5.52 Å². The monoisotopic (exact) mass is 267 g/mol. The van der Waals surface area contributed by atoms with Gasteiger partial charge < -0.3 is 10.2 Å². The van der Waals surface area contributed by atoms with Crippen LogP contribution in [0.15, 0.2) is 30.3 Å². The molecule has 1 N–H and O–H groups in total. The number of piperidine rings is 1. The summed E-state index contributed by atoms with van der Waals surface area (Å²) in [6.45, 7) is 5.63. The van der Waals surface area contributed by atoms with Gasteiger partial charge in [0.2, 0.25) is 0 Å². The smallest absolute Gasteiger partial charge is 0.132 e. The molecule has 104 valence electrons. The maximum Gasteiger partial charge on any atom is 0.132 e. The maximum absolute atomic E-state index is 4.96. The van der Waals surface area contributed by atoms with Gasteiger partial charge in [-0.2, -0.15) is 0 Å². The zero-order valence-electron chi connectivity index (χ0n) is 12.0. The molecule has 0 bridgehead atoms. The van der Waals surface area contributed by atoms with Crippen LogP contribution in [0.25, 0.3) is 10.9 Å². The minimum absolute atomic E-state index is 0.635. The highest BCUT2D eigenvalue weighted by Gasteiger charge is 2.36. The van der Waals surface area contributed by atoms with Crippen molar-refractivity contribution in [1.82, 2.24) is 10.3 Å². The molecule has 0 aliphatic carbocycles. The fourth-order valence-corrected chi connectivity index (χ4v) is 3.83. The normalized spacial score (nSPS) is 25.9. The Kier molecular flexibility index (Phi) is 2.88. The van der Waals surface area contributed by atoms with Crippen molar-refractivity contribution >= 4 is 16.7 Å². The highest BCUT2D eigenvalue weighted by molar-refractivity contribution is 5.81. The molecule has 2 atom stereocenters. The van der Waals surface area contributed by atoms with E-state index in [0.29, 0.717) is 6.04 Å². The van der Waals surface area contributed by atoms with Crippen molar-refractivity contribution in [3.63, 3.8) is 0 Å². The van der Waals surface area contributed by atoms with Crippen LogP contribution in [0.5, 0.6) is 0 Å². The minimum Gasteiger partial charge on any atom is -0.352 e. The van der Waals surface area contributed by atoms with Gasteiger partial charge in [0.25, 0.3) is 0 Å². The van der Waals surface area contributed by atoms with Crippen LogP contribution in [0.1, 0.15) is 18.4 Å². The number of anilines is 1. The molecule has 0 spiro atoms. The Morgan fingerprint density at radius 1 is 1.25 bits per heavy atom. The summed E-state index contributed by atoms with van der Waals surface area (Å²) in [7, 11) is 0. The summed E-state index contributed by atoms with van der Waals surface area (Å²) in [4.78, 5) is 7.51. The van der Waals surface area contributed by atoms with Crippen LogP contribution in [-0.4, -0.2) is 30.7 Å². The van der Waals surface area contributed by atoms with Gasteiger partial charge in [0, 0.05) is 31.1 Å². The molecule has 2 saturated heterocycles. The molecule has 0 amide bonds. The van der Waals surface area contributed by atoms with Gasteiger partial charge in [0.15, 0.2) is 0 Å². The minimum atomic E-state index is 0.635. The number of rotatable bonds is 1. The van der Waals surface area contributed by atoms with E-state index in [0.717, 1.165) is 24.5 Å². The van der Waals surface area contributed by atoms with Crippen molar-refractivity contribution in [2.24, 2.45) is 5.92 Å². The second-order valence-electron chi connectivity index (χ2n) is 6.14. The first-order valence-corrected chi connectivity index (χ1v) is 7.67. The number of fused-ring (bicyclic) bond motifs is 2. The topological polar surface area (TPSA) is 28.2 Å². The molecule has 3 nitrogen and oxygen atoms in total. The van der Waals surface area contributed by atoms with Gasteiger partial charge in [-0.05, 0) is 43.4 Å². The number of para-hydroxylation sites is 1. The average Bonchev–Trinajstić information content (AvgIpc) is 2.95. The van der Waals surface area contributed by atoms with Gasteiger partial charge in [0.1, 0.15) is 5.82 Å². The van der Waals surface area contributed by atoms with Crippen molar-refractivity contribution in [2.45, 2.75) is 25.8 Å². The molecule has 2 fully saturated rings. The number of benzene rings is 1. The molecule has 2 aliphatic heterocycles. The van der Waals surface area contributed by atoms with Gasteiger partial charge in [-0.3, -0.25) is 0 Å².